The molecule has 0 N–H and O–H groups in total. The molecule has 76 valence electrons. The number of hydrogen-bond acceptors (Lipinski definition) is 1. The average molecular weight is 182 g/mol. The molecule has 0 unspecified atom stereocenters. The Hall–Kier alpha value is -0.300. The molecule has 0 spiro atoms. The molecule has 0 aromatic heterocycles. The van der Waals surface area contributed by atoms with Crippen LogP contribution >= 0.6 is 0 Å². The first-order valence-electron chi connectivity index (χ1n) is 5.66. The summed E-state index contributed by atoms with van der Waals surface area (Å²) in [4.78, 5) is 0. The van der Waals surface area contributed by atoms with Gasteiger partial charge in [0.15, 0.2) is 0 Å². The van der Waals surface area contributed by atoms with E-state index in [1.165, 1.54) is 44.9 Å². The SMILES string of the molecule is C=CCCCCOC1CCCCC1. The summed E-state index contributed by atoms with van der Waals surface area (Å²) in [6.45, 7) is 4.66. The summed E-state index contributed by atoms with van der Waals surface area (Å²) in [5, 5.41) is 0. The van der Waals surface area contributed by atoms with Crippen molar-refractivity contribution in [1.82, 2.24) is 0 Å². The van der Waals surface area contributed by atoms with Gasteiger partial charge in [-0.05, 0) is 32.1 Å². The Morgan fingerprint density at radius 2 is 1.92 bits per heavy atom. The van der Waals surface area contributed by atoms with E-state index in [2.05, 4.69) is 6.58 Å². The minimum atomic E-state index is 0.581. The Kier molecular flexibility index (Phi) is 5.92. The average Bonchev–Trinajstić information content (AvgIpc) is 2.19. The lowest BCUT2D eigenvalue weighted by molar-refractivity contribution is 0.0266. The molecule has 1 heteroatoms. The molecule has 1 fully saturated rings. The summed E-state index contributed by atoms with van der Waals surface area (Å²) in [5.41, 5.74) is 0. The van der Waals surface area contributed by atoms with Crippen molar-refractivity contribution in [3.63, 3.8) is 0 Å². The molecule has 0 aromatic rings. The Labute approximate surface area is 82.2 Å². The first-order valence-corrected chi connectivity index (χ1v) is 5.66. The normalized spacial score (nSPS) is 18.8. The van der Waals surface area contributed by atoms with Gasteiger partial charge in [-0.1, -0.05) is 25.3 Å². The first kappa shape index (κ1) is 10.8. The van der Waals surface area contributed by atoms with Crippen LogP contribution in [0.2, 0.25) is 0 Å². The molecular weight excluding hydrogens is 160 g/mol. The van der Waals surface area contributed by atoms with Crippen molar-refractivity contribution in [2.75, 3.05) is 6.61 Å². The summed E-state index contributed by atoms with van der Waals surface area (Å²) in [6, 6.07) is 0. The molecular formula is C12H22O. The molecule has 0 atom stereocenters. The minimum absolute atomic E-state index is 0.581. The fraction of sp³-hybridized carbons (Fsp3) is 0.833. The lowest BCUT2D eigenvalue weighted by Crippen LogP contribution is -2.17. The van der Waals surface area contributed by atoms with Gasteiger partial charge in [-0.3, -0.25) is 0 Å². The van der Waals surface area contributed by atoms with Gasteiger partial charge >= 0.3 is 0 Å². The molecule has 1 aliphatic carbocycles. The molecule has 0 aromatic carbocycles. The number of hydrogen-bond donors (Lipinski definition) is 0. The van der Waals surface area contributed by atoms with Crippen LogP contribution in [0.3, 0.4) is 0 Å². The molecule has 0 heterocycles. The van der Waals surface area contributed by atoms with Crippen molar-refractivity contribution in [2.45, 2.75) is 57.5 Å². The first-order chi connectivity index (χ1) is 6.43. The predicted molar refractivity (Wildman–Crippen MR) is 56.9 cm³/mol. The zero-order valence-electron chi connectivity index (χ0n) is 8.63. The molecule has 1 rings (SSSR count). The van der Waals surface area contributed by atoms with Crippen LogP contribution in [0.4, 0.5) is 0 Å². The van der Waals surface area contributed by atoms with E-state index in [9.17, 15) is 0 Å². The fourth-order valence-electron chi connectivity index (χ4n) is 1.87. The highest BCUT2D eigenvalue weighted by atomic mass is 16.5. The highest BCUT2D eigenvalue weighted by Crippen LogP contribution is 2.20. The second-order valence-corrected chi connectivity index (χ2v) is 3.92. The maximum Gasteiger partial charge on any atom is 0.0575 e. The molecule has 0 aliphatic heterocycles. The number of allylic oxidation sites excluding steroid dienone is 1. The van der Waals surface area contributed by atoms with Crippen LogP contribution in [0, 0.1) is 0 Å². The number of rotatable bonds is 6. The lowest BCUT2D eigenvalue weighted by Gasteiger charge is -2.21. The van der Waals surface area contributed by atoms with Crippen LogP contribution in [0.25, 0.3) is 0 Å². The van der Waals surface area contributed by atoms with E-state index in [4.69, 9.17) is 4.74 Å². The smallest absolute Gasteiger partial charge is 0.0575 e. The van der Waals surface area contributed by atoms with Crippen LogP contribution in [0.5, 0.6) is 0 Å². The van der Waals surface area contributed by atoms with Crippen molar-refractivity contribution in [3.8, 4) is 0 Å². The number of ether oxygens (including phenoxy) is 1. The minimum Gasteiger partial charge on any atom is -0.378 e. The topological polar surface area (TPSA) is 9.23 Å². The highest BCUT2D eigenvalue weighted by molar-refractivity contribution is 4.67. The van der Waals surface area contributed by atoms with Gasteiger partial charge in [-0.15, -0.1) is 6.58 Å². The summed E-state index contributed by atoms with van der Waals surface area (Å²) in [6.07, 6.45) is 12.9. The summed E-state index contributed by atoms with van der Waals surface area (Å²) < 4.78 is 5.80. The van der Waals surface area contributed by atoms with E-state index in [1.807, 2.05) is 6.08 Å². The third-order valence-corrected chi connectivity index (χ3v) is 2.71. The summed E-state index contributed by atoms with van der Waals surface area (Å²) in [7, 11) is 0. The van der Waals surface area contributed by atoms with Crippen molar-refractivity contribution in [2.24, 2.45) is 0 Å². The fourth-order valence-corrected chi connectivity index (χ4v) is 1.87. The number of unbranched alkanes of at least 4 members (excludes halogenated alkanes) is 2. The molecule has 0 radical (unpaired) electrons. The Bertz CT molecular complexity index is 125. The second-order valence-electron chi connectivity index (χ2n) is 3.92. The molecule has 1 aliphatic rings. The Morgan fingerprint density at radius 3 is 2.62 bits per heavy atom. The van der Waals surface area contributed by atoms with E-state index in [-0.39, 0.29) is 0 Å². The van der Waals surface area contributed by atoms with Crippen molar-refractivity contribution >= 4 is 0 Å². The van der Waals surface area contributed by atoms with Gasteiger partial charge in [0.25, 0.3) is 0 Å². The van der Waals surface area contributed by atoms with E-state index in [0.717, 1.165) is 13.0 Å². The molecule has 0 saturated heterocycles. The van der Waals surface area contributed by atoms with Gasteiger partial charge in [0.1, 0.15) is 0 Å². The maximum absolute atomic E-state index is 5.80. The monoisotopic (exact) mass is 182 g/mol. The lowest BCUT2D eigenvalue weighted by atomic mass is 9.98. The van der Waals surface area contributed by atoms with Crippen molar-refractivity contribution in [1.29, 1.82) is 0 Å². The molecule has 1 saturated carbocycles. The van der Waals surface area contributed by atoms with Crippen LogP contribution in [0.1, 0.15) is 51.4 Å². The third-order valence-electron chi connectivity index (χ3n) is 2.71. The van der Waals surface area contributed by atoms with Crippen LogP contribution < -0.4 is 0 Å². The Morgan fingerprint density at radius 1 is 1.15 bits per heavy atom. The molecule has 1 nitrogen and oxygen atoms in total. The maximum atomic E-state index is 5.80. The van der Waals surface area contributed by atoms with Crippen LogP contribution in [-0.2, 0) is 4.74 Å². The van der Waals surface area contributed by atoms with Gasteiger partial charge in [0.2, 0.25) is 0 Å². The van der Waals surface area contributed by atoms with Gasteiger partial charge < -0.3 is 4.74 Å². The largest absolute Gasteiger partial charge is 0.378 e. The van der Waals surface area contributed by atoms with Gasteiger partial charge in [0, 0.05) is 6.61 Å². The predicted octanol–water partition coefficient (Wildman–Crippen LogP) is 3.69. The molecule has 13 heavy (non-hydrogen) atoms. The zero-order valence-corrected chi connectivity index (χ0v) is 8.63. The van der Waals surface area contributed by atoms with E-state index in [1.54, 1.807) is 0 Å². The molecule has 0 amide bonds. The second kappa shape index (κ2) is 7.14. The van der Waals surface area contributed by atoms with Crippen LogP contribution in [-0.4, -0.2) is 12.7 Å². The Balaban J connectivity index is 1.89. The summed E-state index contributed by atoms with van der Waals surface area (Å²) in [5.74, 6) is 0. The van der Waals surface area contributed by atoms with E-state index >= 15 is 0 Å². The van der Waals surface area contributed by atoms with Gasteiger partial charge in [-0.25, -0.2) is 0 Å². The van der Waals surface area contributed by atoms with Crippen LogP contribution in [0.15, 0.2) is 12.7 Å². The highest BCUT2D eigenvalue weighted by Gasteiger charge is 2.12. The van der Waals surface area contributed by atoms with E-state index < -0.39 is 0 Å². The quantitative estimate of drug-likeness (QED) is 0.449. The van der Waals surface area contributed by atoms with Crippen molar-refractivity contribution < 1.29 is 4.74 Å². The van der Waals surface area contributed by atoms with Gasteiger partial charge in [-0.2, -0.15) is 0 Å². The summed E-state index contributed by atoms with van der Waals surface area (Å²) >= 11 is 0. The van der Waals surface area contributed by atoms with Crippen molar-refractivity contribution in [3.05, 3.63) is 12.7 Å². The van der Waals surface area contributed by atoms with Gasteiger partial charge in [0.05, 0.1) is 6.10 Å². The standard InChI is InChI=1S/C12H22O/c1-2-3-4-8-11-13-12-9-6-5-7-10-12/h2,12H,1,3-11H2. The zero-order chi connectivity index (χ0) is 9.36. The van der Waals surface area contributed by atoms with E-state index in [0.29, 0.717) is 6.10 Å². The molecule has 0 bridgehead atoms. The third kappa shape index (κ3) is 5.09.